The maximum atomic E-state index is 13.0. The lowest BCUT2D eigenvalue weighted by molar-refractivity contribution is -0.130. The van der Waals surface area contributed by atoms with E-state index in [1.165, 1.54) is 16.8 Å². The quantitative estimate of drug-likeness (QED) is 0.558. The number of benzene rings is 1. The zero-order valence-corrected chi connectivity index (χ0v) is 22.7. The highest BCUT2D eigenvalue weighted by Gasteiger charge is 2.36. The number of amidine groups is 2. The highest BCUT2D eigenvalue weighted by Crippen LogP contribution is 2.34. The van der Waals surface area contributed by atoms with Gasteiger partial charge in [0.15, 0.2) is 5.84 Å². The fourth-order valence-electron chi connectivity index (χ4n) is 4.92. The van der Waals surface area contributed by atoms with E-state index in [0.29, 0.717) is 21.7 Å². The smallest absolute Gasteiger partial charge is 0.283 e. The number of aryl methyl sites for hydroxylation is 1. The monoisotopic (exact) mass is 534 g/mol. The Morgan fingerprint density at radius 2 is 1.89 bits per heavy atom. The van der Waals surface area contributed by atoms with Gasteiger partial charge in [0, 0.05) is 30.5 Å². The molecule has 1 aromatic carbocycles. The Balaban J connectivity index is 1.42. The normalized spacial score (nSPS) is 18.5. The van der Waals surface area contributed by atoms with Gasteiger partial charge in [-0.15, -0.1) is 0 Å². The number of ether oxygens (including phenoxy) is 2. The number of aliphatic imine (C=N–C) groups is 1. The average molecular weight is 535 g/mol. The van der Waals surface area contributed by atoms with Crippen molar-refractivity contribution in [1.82, 2.24) is 14.5 Å². The lowest BCUT2D eigenvalue weighted by atomic mass is 10.1. The minimum atomic E-state index is -0.503. The SMILES string of the molecule is COc1ccc(OC)c(-n2c(C)cc(/C=C3/C(=N)N4N=C(CC(=O)N5CCCCC5)SC4=NC3=O)c2C)c1. The number of hydrazone groups is 1. The third kappa shape index (κ3) is 4.73. The van der Waals surface area contributed by atoms with Crippen molar-refractivity contribution in [2.45, 2.75) is 39.5 Å². The van der Waals surface area contributed by atoms with Gasteiger partial charge in [-0.1, -0.05) is 0 Å². The zero-order chi connectivity index (χ0) is 27.0. The van der Waals surface area contributed by atoms with Crippen molar-refractivity contribution in [2.24, 2.45) is 10.1 Å². The second-order valence-corrected chi connectivity index (χ2v) is 10.4. The number of amides is 2. The van der Waals surface area contributed by atoms with Crippen LogP contribution in [0.2, 0.25) is 0 Å². The Morgan fingerprint density at radius 3 is 2.61 bits per heavy atom. The molecule has 3 aliphatic heterocycles. The van der Waals surface area contributed by atoms with Gasteiger partial charge in [0.2, 0.25) is 11.1 Å². The molecule has 1 saturated heterocycles. The summed E-state index contributed by atoms with van der Waals surface area (Å²) < 4.78 is 13.0. The maximum absolute atomic E-state index is 13.0. The van der Waals surface area contributed by atoms with Crippen LogP contribution >= 0.6 is 11.8 Å². The van der Waals surface area contributed by atoms with Gasteiger partial charge in [-0.3, -0.25) is 15.0 Å². The predicted octanol–water partition coefficient (Wildman–Crippen LogP) is 4.13. The van der Waals surface area contributed by atoms with E-state index in [-0.39, 0.29) is 23.7 Å². The van der Waals surface area contributed by atoms with Crippen LogP contribution in [0.4, 0.5) is 0 Å². The van der Waals surface area contributed by atoms with Crippen LogP contribution in [-0.2, 0) is 9.59 Å². The number of likely N-dealkylation sites (tertiary alicyclic amines) is 1. The second-order valence-electron chi connectivity index (χ2n) is 9.33. The number of carbonyl (C=O) groups excluding carboxylic acids is 2. The lowest BCUT2D eigenvalue weighted by Gasteiger charge is -2.26. The Labute approximate surface area is 225 Å². The van der Waals surface area contributed by atoms with Gasteiger partial charge in [0.1, 0.15) is 16.5 Å². The molecular weight excluding hydrogens is 504 g/mol. The van der Waals surface area contributed by atoms with E-state index in [4.69, 9.17) is 14.9 Å². The second kappa shape index (κ2) is 10.5. The van der Waals surface area contributed by atoms with Crippen LogP contribution in [0.15, 0.2) is 39.9 Å². The van der Waals surface area contributed by atoms with E-state index >= 15 is 0 Å². The van der Waals surface area contributed by atoms with Gasteiger partial charge >= 0.3 is 0 Å². The van der Waals surface area contributed by atoms with Gasteiger partial charge in [-0.25, -0.2) is 0 Å². The molecule has 0 bridgehead atoms. The van der Waals surface area contributed by atoms with Crippen LogP contribution in [-0.4, -0.2) is 69.6 Å². The third-order valence-corrected chi connectivity index (χ3v) is 7.81. The Morgan fingerprint density at radius 1 is 1.13 bits per heavy atom. The summed E-state index contributed by atoms with van der Waals surface area (Å²) in [5.74, 6) is 0.828. The van der Waals surface area contributed by atoms with Gasteiger partial charge in [0.05, 0.1) is 31.9 Å². The molecule has 5 rings (SSSR count). The molecule has 0 atom stereocenters. The molecule has 198 valence electrons. The molecule has 1 aromatic heterocycles. The topological polar surface area (TPSA) is 113 Å². The predicted molar refractivity (Wildman–Crippen MR) is 148 cm³/mol. The molecule has 0 spiro atoms. The number of aromatic nitrogens is 1. The number of piperidine rings is 1. The van der Waals surface area contributed by atoms with E-state index in [9.17, 15) is 9.59 Å². The first-order valence-corrected chi connectivity index (χ1v) is 13.3. The van der Waals surface area contributed by atoms with Gasteiger partial charge in [-0.05, 0) is 74.7 Å². The molecule has 2 aromatic rings. The number of hydrogen-bond donors (Lipinski definition) is 1. The zero-order valence-electron chi connectivity index (χ0n) is 21.9. The van der Waals surface area contributed by atoms with Crippen LogP contribution in [0.5, 0.6) is 11.5 Å². The molecule has 1 fully saturated rings. The molecule has 10 nitrogen and oxygen atoms in total. The largest absolute Gasteiger partial charge is 0.497 e. The Hall–Kier alpha value is -3.86. The Bertz CT molecular complexity index is 1420. The Kier molecular flexibility index (Phi) is 7.11. The van der Waals surface area contributed by atoms with E-state index in [2.05, 4.69) is 10.1 Å². The highest BCUT2D eigenvalue weighted by molar-refractivity contribution is 8.27. The summed E-state index contributed by atoms with van der Waals surface area (Å²) >= 11 is 1.18. The number of fused-ring (bicyclic) bond motifs is 1. The van der Waals surface area contributed by atoms with Gasteiger partial charge in [0.25, 0.3) is 5.91 Å². The summed E-state index contributed by atoms with van der Waals surface area (Å²) in [5.41, 5.74) is 3.51. The van der Waals surface area contributed by atoms with Crippen LogP contribution < -0.4 is 9.47 Å². The number of nitrogens with zero attached hydrogens (tertiary/aromatic N) is 5. The molecule has 3 aliphatic rings. The molecule has 0 unspecified atom stereocenters. The highest BCUT2D eigenvalue weighted by atomic mass is 32.2. The van der Waals surface area contributed by atoms with Crippen molar-refractivity contribution in [1.29, 1.82) is 5.41 Å². The van der Waals surface area contributed by atoms with E-state index < -0.39 is 5.91 Å². The van der Waals surface area contributed by atoms with Crippen LogP contribution in [0.25, 0.3) is 11.8 Å². The summed E-state index contributed by atoms with van der Waals surface area (Å²) in [4.78, 5) is 31.7. The summed E-state index contributed by atoms with van der Waals surface area (Å²) in [5, 5.41) is 15.4. The van der Waals surface area contributed by atoms with E-state index in [1.807, 2.05) is 47.6 Å². The first-order chi connectivity index (χ1) is 18.3. The van der Waals surface area contributed by atoms with Crippen molar-refractivity contribution in [3.05, 3.63) is 46.8 Å². The fraction of sp³-hybridized carbons (Fsp3) is 0.370. The third-order valence-electron chi connectivity index (χ3n) is 6.90. The average Bonchev–Trinajstić information content (AvgIpc) is 3.45. The number of carbonyl (C=O) groups is 2. The molecule has 38 heavy (non-hydrogen) atoms. The molecule has 1 N–H and O–H groups in total. The summed E-state index contributed by atoms with van der Waals surface area (Å²) in [6, 6.07) is 7.52. The van der Waals surface area contributed by atoms with Crippen molar-refractivity contribution in [3.8, 4) is 17.2 Å². The molecule has 2 amide bonds. The van der Waals surface area contributed by atoms with Gasteiger partial charge in [-0.2, -0.15) is 15.1 Å². The maximum Gasteiger partial charge on any atom is 0.283 e. The lowest BCUT2D eigenvalue weighted by Crippen LogP contribution is -2.36. The minimum Gasteiger partial charge on any atom is -0.497 e. The summed E-state index contributed by atoms with van der Waals surface area (Å²) in [7, 11) is 3.23. The van der Waals surface area contributed by atoms with Crippen molar-refractivity contribution in [3.63, 3.8) is 0 Å². The minimum absolute atomic E-state index is 0.0189. The molecule has 0 aliphatic carbocycles. The summed E-state index contributed by atoms with van der Waals surface area (Å²) in [6.45, 7) is 5.44. The van der Waals surface area contributed by atoms with Crippen LogP contribution in [0, 0.1) is 19.3 Å². The first-order valence-electron chi connectivity index (χ1n) is 12.5. The van der Waals surface area contributed by atoms with Crippen molar-refractivity contribution in [2.75, 3.05) is 27.3 Å². The van der Waals surface area contributed by atoms with Gasteiger partial charge < -0.3 is 18.9 Å². The summed E-state index contributed by atoms with van der Waals surface area (Å²) in [6.07, 6.45) is 5.00. The first kappa shape index (κ1) is 25.8. The standard InChI is InChI=1S/C27H30N6O4S/c1-16-12-18(17(2)32(16)21-14-19(36-3)8-9-22(21)37-4)13-20-25(28)33-27(29-26(20)35)38-23(30-33)15-24(34)31-10-6-5-7-11-31/h8-9,12-14,28H,5-7,10-11,15H2,1-4H3/b20-13-,28-25?. The number of hydrogen-bond acceptors (Lipinski definition) is 7. The molecule has 0 saturated carbocycles. The van der Waals surface area contributed by atoms with Crippen LogP contribution in [0.3, 0.4) is 0 Å². The van der Waals surface area contributed by atoms with Crippen molar-refractivity contribution >= 4 is 45.7 Å². The number of thioether (sulfide) groups is 1. The fourth-order valence-corrected chi connectivity index (χ4v) is 5.80. The van der Waals surface area contributed by atoms with Crippen LogP contribution in [0.1, 0.15) is 42.6 Å². The number of methoxy groups -OCH3 is 2. The molecule has 4 heterocycles. The molecule has 11 heteroatoms. The van der Waals surface area contributed by atoms with E-state index in [0.717, 1.165) is 55.0 Å². The molecular formula is C27H30N6O4S. The van der Waals surface area contributed by atoms with Crippen molar-refractivity contribution < 1.29 is 19.1 Å². The number of rotatable bonds is 6. The van der Waals surface area contributed by atoms with E-state index in [1.54, 1.807) is 20.3 Å². The number of nitrogens with one attached hydrogen (secondary N) is 1. The molecule has 0 radical (unpaired) electrons.